The molecule has 0 aliphatic rings. The van der Waals surface area contributed by atoms with Gasteiger partial charge in [-0.1, -0.05) is 42.5 Å². The molecule has 2 rings (SSSR count). The second-order valence-corrected chi connectivity index (χ2v) is 4.16. The van der Waals surface area contributed by atoms with Gasteiger partial charge in [-0.05, 0) is 16.3 Å². The first-order chi connectivity index (χ1) is 8.77. The molecule has 0 heterocycles. The Balaban J connectivity index is 1.93. The predicted octanol–water partition coefficient (Wildman–Crippen LogP) is 2.49. The lowest BCUT2D eigenvalue weighted by atomic mass is 10.0. The van der Waals surface area contributed by atoms with Gasteiger partial charge < -0.3 is 10.1 Å². The lowest BCUT2D eigenvalue weighted by molar-refractivity contribution is -0.140. The van der Waals surface area contributed by atoms with E-state index in [4.69, 9.17) is 4.74 Å². The van der Waals surface area contributed by atoms with Gasteiger partial charge in [0.25, 0.3) is 0 Å². The quantitative estimate of drug-likeness (QED) is 0.647. The average molecular weight is 243 g/mol. The molecular weight excluding hydrogens is 226 g/mol. The van der Waals surface area contributed by atoms with Crippen LogP contribution in [-0.4, -0.2) is 19.1 Å². The summed E-state index contributed by atoms with van der Waals surface area (Å²) in [7, 11) is 0. The summed E-state index contributed by atoms with van der Waals surface area (Å²) >= 11 is 0. The molecule has 0 unspecified atom stereocenters. The molecule has 0 aromatic heterocycles. The third-order valence-corrected chi connectivity index (χ3v) is 2.78. The van der Waals surface area contributed by atoms with Gasteiger partial charge in [0.1, 0.15) is 6.61 Å². The van der Waals surface area contributed by atoms with E-state index < -0.39 is 0 Å². The number of hydrogen-bond donors (Lipinski definition) is 1. The van der Waals surface area contributed by atoms with Crippen LogP contribution in [0.3, 0.4) is 0 Å². The van der Waals surface area contributed by atoms with Crippen LogP contribution in [0.2, 0.25) is 0 Å². The number of fused-ring (bicyclic) bond motifs is 1. The van der Waals surface area contributed by atoms with E-state index >= 15 is 0 Å². The van der Waals surface area contributed by atoms with Crippen molar-refractivity contribution >= 4 is 16.7 Å². The van der Waals surface area contributed by atoms with Crippen LogP contribution in [0.5, 0.6) is 0 Å². The Morgan fingerprint density at radius 2 is 1.94 bits per heavy atom. The number of rotatable bonds is 5. The molecule has 1 N–H and O–H groups in total. The lowest BCUT2D eigenvalue weighted by Crippen LogP contribution is -2.20. The van der Waals surface area contributed by atoms with Gasteiger partial charge in [-0.2, -0.15) is 0 Å². The highest BCUT2D eigenvalue weighted by Crippen LogP contribution is 2.17. The fourth-order valence-corrected chi connectivity index (χ4v) is 1.94. The highest BCUT2D eigenvalue weighted by Gasteiger charge is 1.99. The van der Waals surface area contributed by atoms with Gasteiger partial charge in [-0.25, -0.2) is 0 Å². The molecule has 2 aromatic rings. The highest BCUT2D eigenvalue weighted by atomic mass is 16.5. The van der Waals surface area contributed by atoms with E-state index in [9.17, 15) is 4.79 Å². The van der Waals surface area contributed by atoms with E-state index in [1.54, 1.807) is 0 Å². The van der Waals surface area contributed by atoms with Crippen LogP contribution in [0.15, 0.2) is 42.5 Å². The molecule has 18 heavy (non-hydrogen) atoms. The predicted molar refractivity (Wildman–Crippen MR) is 72.3 cm³/mol. The molecule has 3 nitrogen and oxygen atoms in total. The fourth-order valence-electron chi connectivity index (χ4n) is 1.94. The second kappa shape index (κ2) is 6.17. The van der Waals surface area contributed by atoms with Gasteiger partial charge in [0.05, 0.1) is 0 Å². The maximum absolute atomic E-state index is 10.6. The van der Waals surface area contributed by atoms with E-state index in [0.29, 0.717) is 13.2 Å². The maximum atomic E-state index is 10.6. The van der Waals surface area contributed by atoms with Crippen LogP contribution in [0, 0.1) is 0 Å². The standard InChI is InChI=1S/C15H17NO2/c1-12(17)18-10-9-16-11-14-7-4-6-13-5-2-3-8-15(13)14/h2-8,16H,9-11H2,1H3. The average Bonchev–Trinajstić information content (AvgIpc) is 2.38. The van der Waals surface area contributed by atoms with Gasteiger partial charge >= 0.3 is 5.97 Å². The van der Waals surface area contributed by atoms with Gasteiger partial charge in [0, 0.05) is 20.0 Å². The van der Waals surface area contributed by atoms with Gasteiger partial charge in [0.15, 0.2) is 0 Å². The molecule has 0 atom stereocenters. The van der Waals surface area contributed by atoms with E-state index in [0.717, 1.165) is 6.54 Å². The zero-order valence-electron chi connectivity index (χ0n) is 10.5. The molecule has 0 radical (unpaired) electrons. The Morgan fingerprint density at radius 1 is 1.17 bits per heavy atom. The van der Waals surface area contributed by atoms with Crippen molar-refractivity contribution < 1.29 is 9.53 Å². The minimum atomic E-state index is -0.234. The first-order valence-corrected chi connectivity index (χ1v) is 6.08. The summed E-state index contributed by atoms with van der Waals surface area (Å²) in [5.74, 6) is -0.234. The Labute approximate surface area is 107 Å². The summed E-state index contributed by atoms with van der Waals surface area (Å²) in [6, 6.07) is 14.6. The molecule has 0 aliphatic heterocycles. The molecule has 94 valence electrons. The number of ether oxygens (including phenoxy) is 1. The summed E-state index contributed by atoms with van der Waals surface area (Å²) in [5, 5.41) is 5.78. The lowest BCUT2D eigenvalue weighted by Gasteiger charge is -2.08. The van der Waals surface area contributed by atoms with Crippen molar-refractivity contribution in [2.45, 2.75) is 13.5 Å². The molecule has 0 spiro atoms. The van der Waals surface area contributed by atoms with E-state index in [2.05, 4.69) is 35.6 Å². The van der Waals surface area contributed by atoms with Crippen LogP contribution >= 0.6 is 0 Å². The maximum Gasteiger partial charge on any atom is 0.302 e. The van der Waals surface area contributed by atoms with Crippen LogP contribution in [0.25, 0.3) is 10.8 Å². The van der Waals surface area contributed by atoms with Crippen molar-refractivity contribution in [1.29, 1.82) is 0 Å². The Hall–Kier alpha value is -1.87. The molecule has 0 fully saturated rings. The van der Waals surface area contributed by atoms with Crippen molar-refractivity contribution in [3.05, 3.63) is 48.0 Å². The number of carbonyl (C=O) groups is 1. The van der Waals surface area contributed by atoms with Crippen LogP contribution < -0.4 is 5.32 Å². The monoisotopic (exact) mass is 243 g/mol. The summed E-state index contributed by atoms with van der Waals surface area (Å²) in [4.78, 5) is 10.6. The highest BCUT2D eigenvalue weighted by molar-refractivity contribution is 5.85. The van der Waals surface area contributed by atoms with Crippen molar-refractivity contribution in [3.8, 4) is 0 Å². The van der Waals surface area contributed by atoms with Crippen LogP contribution in [-0.2, 0) is 16.1 Å². The zero-order chi connectivity index (χ0) is 12.8. The number of carbonyl (C=O) groups excluding carboxylic acids is 1. The number of nitrogens with one attached hydrogen (secondary N) is 1. The van der Waals surface area contributed by atoms with Crippen molar-refractivity contribution in [2.24, 2.45) is 0 Å². The summed E-state index contributed by atoms with van der Waals surface area (Å²) in [6.07, 6.45) is 0. The Bertz CT molecular complexity index is 532. The molecule has 0 amide bonds. The SMILES string of the molecule is CC(=O)OCCNCc1cccc2ccccc12. The van der Waals surface area contributed by atoms with Gasteiger partial charge in [0.2, 0.25) is 0 Å². The molecule has 2 aromatic carbocycles. The van der Waals surface area contributed by atoms with Crippen LogP contribution in [0.1, 0.15) is 12.5 Å². The Morgan fingerprint density at radius 3 is 2.78 bits per heavy atom. The number of benzene rings is 2. The van der Waals surface area contributed by atoms with Crippen LogP contribution in [0.4, 0.5) is 0 Å². The van der Waals surface area contributed by atoms with E-state index in [-0.39, 0.29) is 5.97 Å². The van der Waals surface area contributed by atoms with Gasteiger partial charge in [-0.3, -0.25) is 4.79 Å². The molecule has 0 aliphatic carbocycles. The fraction of sp³-hybridized carbons (Fsp3) is 0.267. The number of esters is 1. The summed E-state index contributed by atoms with van der Waals surface area (Å²) < 4.78 is 4.87. The third-order valence-electron chi connectivity index (χ3n) is 2.78. The topological polar surface area (TPSA) is 38.3 Å². The minimum Gasteiger partial charge on any atom is -0.465 e. The summed E-state index contributed by atoms with van der Waals surface area (Å²) in [6.45, 7) is 3.29. The normalized spacial score (nSPS) is 10.5. The minimum absolute atomic E-state index is 0.234. The second-order valence-electron chi connectivity index (χ2n) is 4.16. The van der Waals surface area contributed by atoms with E-state index in [1.165, 1.54) is 23.3 Å². The van der Waals surface area contributed by atoms with E-state index in [1.807, 2.05) is 12.1 Å². The largest absolute Gasteiger partial charge is 0.465 e. The molecule has 0 saturated carbocycles. The molecule has 0 bridgehead atoms. The number of hydrogen-bond acceptors (Lipinski definition) is 3. The van der Waals surface area contributed by atoms with Crippen molar-refractivity contribution in [3.63, 3.8) is 0 Å². The first-order valence-electron chi connectivity index (χ1n) is 6.08. The van der Waals surface area contributed by atoms with Gasteiger partial charge in [-0.15, -0.1) is 0 Å². The smallest absolute Gasteiger partial charge is 0.302 e. The molecule has 0 saturated heterocycles. The zero-order valence-corrected chi connectivity index (χ0v) is 10.5. The van der Waals surface area contributed by atoms with Crippen molar-refractivity contribution in [1.82, 2.24) is 5.32 Å². The summed E-state index contributed by atoms with van der Waals surface area (Å²) in [5.41, 5.74) is 1.26. The first kappa shape index (κ1) is 12.6. The third kappa shape index (κ3) is 3.31. The molecule has 3 heteroatoms. The van der Waals surface area contributed by atoms with Crippen molar-refractivity contribution in [2.75, 3.05) is 13.2 Å². The molecular formula is C15H17NO2. The Kier molecular flexibility index (Phi) is 4.31.